The quantitative estimate of drug-likeness (QED) is 0.505. The van der Waals surface area contributed by atoms with Gasteiger partial charge in [0.25, 0.3) is 5.91 Å². The molecule has 6 nitrogen and oxygen atoms in total. The summed E-state index contributed by atoms with van der Waals surface area (Å²) in [7, 11) is 1.64. The van der Waals surface area contributed by atoms with Gasteiger partial charge >= 0.3 is 0 Å². The summed E-state index contributed by atoms with van der Waals surface area (Å²) in [6, 6.07) is 13.5. The number of amides is 2. The van der Waals surface area contributed by atoms with Crippen LogP contribution in [-0.4, -0.2) is 54.9 Å². The smallest absolute Gasteiger partial charge is 0.289 e. The topological polar surface area (TPSA) is 63.0 Å². The van der Waals surface area contributed by atoms with Crippen LogP contribution in [0.2, 0.25) is 0 Å². The first-order valence-corrected chi connectivity index (χ1v) is 11.6. The summed E-state index contributed by atoms with van der Waals surface area (Å²) in [5, 5.41) is 0.938. The predicted molar refractivity (Wildman–Crippen MR) is 127 cm³/mol. The molecule has 1 aliphatic rings. The van der Waals surface area contributed by atoms with E-state index in [4.69, 9.17) is 9.15 Å². The first-order valence-electron chi connectivity index (χ1n) is 10.8. The molecule has 2 aromatic carbocycles. The average Bonchev–Trinajstić information content (AvgIpc) is 2.98. The van der Waals surface area contributed by atoms with E-state index in [1.807, 2.05) is 54.3 Å². The summed E-state index contributed by atoms with van der Waals surface area (Å²) in [5.41, 5.74) is 2.67. The van der Waals surface area contributed by atoms with Crippen molar-refractivity contribution < 1.29 is 18.7 Å². The largest absolute Gasteiger partial charge is 0.497 e. The molecule has 168 valence electrons. The Labute approximate surface area is 196 Å². The number of carbonyl (C=O) groups excluding carboxylic acids is 2. The second kappa shape index (κ2) is 9.77. The Balaban J connectivity index is 1.36. The molecule has 1 aromatic heterocycles. The van der Waals surface area contributed by atoms with E-state index in [0.717, 1.165) is 33.2 Å². The zero-order valence-electron chi connectivity index (χ0n) is 18.4. The first-order chi connectivity index (χ1) is 15.5. The van der Waals surface area contributed by atoms with Gasteiger partial charge in [-0.1, -0.05) is 28.1 Å². The van der Waals surface area contributed by atoms with Crippen molar-refractivity contribution in [2.45, 2.75) is 26.2 Å². The lowest BCUT2D eigenvalue weighted by molar-refractivity contribution is -0.131. The number of rotatable bonds is 5. The number of nitrogens with zero attached hydrogens (tertiary/aromatic N) is 2. The van der Waals surface area contributed by atoms with Crippen LogP contribution >= 0.6 is 15.9 Å². The van der Waals surface area contributed by atoms with Crippen molar-refractivity contribution in [2.75, 3.05) is 33.3 Å². The monoisotopic (exact) mass is 498 g/mol. The molecular weight excluding hydrogens is 472 g/mol. The maximum atomic E-state index is 13.2. The molecule has 2 heterocycles. The third kappa shape index (κ3) is 4.83. The Hall–Kier alpha value is -2.80. The highest BCUT2D eigenvalue weighted by atomic mass is 79.9. The summed E-state index contributed by atoms with van der Waals surface area (Å²) in [4.78, 5) is 29.6. The Kier molecular flexibility index (Phi) is 6.84. The van der Waals surface area contributed by atoms with Crippen LogP contribution in [0, 0.1) is 6.92 Å². The number of hydrogen-bond acceptors (Lipinski definition) is 4. The molecule has 7 heteroatoms. The molecule has 4 rings (SSSR count). The SMILES string of the molecule is COc1ccc(CCC(=O)N2CCCN(C(=O)c3oc4ccc(Br)cc4c3C)CC2)cc1. The Bertz CT molecular complexity index is 1120. The molecule has 0 radical (unpaired) electrons. The lowest BCUT2D eigenvalue weighted by atomic mass is 10.1. The number of furan rings is 1. The van der Waals surface area contributed by atoms with Gasteiger partial charge < -0.3 is 19.0 Å². The van der Waals surface area contributed by atoms with E-state index in [0.29, 0.717) is 50.4 Å². The molecule has 0 aliphatic carbocycles. The zero-order valence-corrected chi connectivity index (χ0v) is 20.0. The number of halogens is 1. The molecule has 0 N–H and O–H groups in total. The van der Waals surface area contributed by atoms with Crippen LogP contribution in [0.4, 0.5) is 0 Å². The summed E-state index contributed by atoms with van der Waals surface area (Å²) in [5.74, 6) is 1.21. The van der Waals surface area contributed by atoms with E-state index in [2.05, 4.69) is 15.9 Å². The van der Waals surface area contributed by atoms with Crippen molar-refractivity contribution in [3.05, 3.63) is 63.8 Å². The van der Waals surface area contributed by atoms with E-state index < -0.39 is 0 Å². The number of ether oxygens (including phenoxy) is 1. The number of aryl methyl sites for hydroxylation is 2. The van der Waals surface area contributed by atoms with Crippen molar-refractivity contribution in [3.63, 3.8) is 0 Å². The van der Waals surface area contributed by atoms with Gasteiger partial charge in [0.1, 0.15) is 11.3 Å². The van der Waals surface area contributed by atoms with Gasteiger partial charge in [-0.25, -0.2) is 0 Å². The van der Waals surface area contributed by atoms with Gasteiger partial charge in [0.05, 0.1) is 7.11 Å². The Morgan fingerprint density at radius 2 is 1.75 bits per heavy atom. The molecule has 0 atom stereocenters. The van der Waals surface area contributed by atoms with Crippen LogP contribution in [0.1, 0.15) is 34.5 Å². The van der Waals surface area contributed by atoms with Crippen molar-refractivity contribution in [1.82, 2.24) is 9.80 Å². The fourth-order valence-electron chi connectivity index (χ4n) is 4.11. The van der Waals surface area contributed by atoms with E-state index in [1.54, 1.807) is 12.0 Å². The molecule has 1 aliphatic heterocycles. The summed E-state index contributed by atoms with van der Waals surface area (Å²) < 4.78 is 12.0. The first kappa shape index (κ1) is 22.4. The van der Waals surface area contributed by atoms with E-state index in [1.165, 1.54) is 0 Å². The van der Waals surface area contributed by atoms with Gasteiger partial charge in [-0.15, -0.1) is 0 Å². The van der Waals surface area contributed by atoms with Crippen LogP contribution in [0.5, 0.6) is 5.75 Å². The third-order valence-electron chi connectivity index (χ3n) is 6.01. The predicted octanol–water partition coefficient (Wildman–Crippen LogP) is 4.82. The number of methoxy groups -OCH3 is 1. The molecule has 0 saturated carbocycles. The molecule has 0 spiro atoms. The van der Waals surface area contributed by atoms with E-state index >= 15 is 0 Å². The number of benzene rings is 2. The third-order valence-corrected chi connectivity index (χ3v) is 6.51. The zero-order chi connectivity index (χ0) is 22.7. The van der Waals surface area contributed by atoms with Crippen molar-refractivity contribution in [1.29, 1.82) is 0 Å². The average molecular weight is 499 g/mol. The second-order valence-electron chi connectivity index (χ2n) is 8.07. The highest BCUT2D eigenvalue weighted by Crippen LogP contribution is 2.29. The van der Waals surface area contributed by atoms with Gasteiger partial charge in [0, 0.05) is 48.0 Å². The molecule has 2 amide bonds. The van der Waals surface area contributed by atoms with Crippen LogP contribution in [-0.2, 0) is 11.2 Å². The standard InChI is InChI=1S/C25H27BrN2O4/c1-17-21-16-19(26)7-10-22(21)32-24(17)25(30)28-13-3-12-27(14-15-28)23(29)11-6-18-4-8-20(31-2)9-5-18/h4-5,7-10,16H,3,6,11-15H2,1-2H3. The molecule has 32 heavy (non-hydrogen) atoms. The van der Waals surface area contributed by atoms with Crippen LogP contribution in [0.15, 0.2) is 51.4 Å². The van der Waals surface area contributed by atoms with E-state index in [-0.39, 0.29) is 11.8 Å². The molecule has 3 aromatic rings. The van der Waals surface area contributed by atoms with E-state index in [9.17, 15) is 9.59 Å². The normalized spacial score (nSPS) is 14.5. The lowest BCUT2D eigenvalue weighted by Crippen LogP contribution is -2.37. The van der Waals surface area contributed by atoms with Crippen LogP contribution in [0.3, 0.4) is 0 Å². The highest BCUT2D eigenvalue weighted by molar-refractivity contribution is 9.10. The molecular formula is C25H27BrN2O4. The summed E-state index contributed by atoms with van der Waals surface area (Å²) >= 11 is 3.47. The van der Waals surface area contributed by atoms with Gasteiger partial charge in [-0.2, -0.15) is 0 Å². The maximum absolute atomic E-state index is 13.2. The molecule has 1 fully saturated rings. The van der Waals surface area contributed by atoms with Gasteiger partial charge in [-0.05, 0) is 55.7 Å². The molecule has 1 saturated heterocycles. The minimum absolute atomic E-state index is 0.109. The fraction of sp³-hybridized carbons (Fsp3) is 0.360. The highest BCUT2D eigenvalue weighted by Gasteiger charge is 2.26. The fourth-order valence-corrected chi connectivity index (χ4v) is 4.47. The molecule has 0 bridgehead atoms. The second-order valence-corrected chi connectivity index (χ2v) is 8.99. The van der Waals surface area contributed by atoms with Gasteiger partial charge in [0.15, 0.2) is 5.76 Å². The Morgan fingerprint density at radius 1 is 1.03 bits per heavy atom. The number of carbonyl (C=O) groups is 2. The number of hydrogen-bond donors (Lipinski definition) is 0. The number of fused-ring (bicyclic) bond motifs is 1. The Morgan fingerprint density at radius 3 is 2.50 bits per heavy atom. The van der Waals surface area contributed by atoms with Crippen molar-refractivity contribution in [2.24, 2.45) is 0 Å². The molecule has 0 unspecified atom stereocenters. The van der Waals surface area contributed by atoms with Crippen LogP contribution < -0.4 is 4.74 Å². The summed E-state index contributed by atoms with van der Waals surface area (Å²) in [6.45, 7) is 4.24. The minimum Gasteiger partial charge on any atom is -0.497 e. The van der Waals surface area contributed by atoms with Gasteiger partial charge in [0.2, 0.25) is 5.91 Å². The lowest BCUT2D eigenvalue weighted by Gasteiger charge is -2.22. The maximum Gasteiger partial charge on any atom is 0.289 e. The van der Waals surface area contributed by atoms with Crippen molar-refractivity contribution in [3.8, 4) is 5.75 Å². The minimum atomic E-state index is -0.109. The van der Waals surface area contributed by atoms with Crippen LogP contribution in [0.25, 0.3) is 11.0 Å². The summed E-state index contributed by atoms with van der Waals surface area (Å²) in [6.07, 6.45) is 1.90. The van der Waals surface area contributed by atoms with Crippen molar-refractivity contribution >= 4 is 38.7 Å². The van der Waals surface area contributed by atoms with Gasteiger partial charge in [-0.3, -0.25) is 9.59 Å².